The number of nitrogens with one attached hydrogen (secondary N) is 1. The third kappa shape index (κ3) is 4.06. The van der Waals surface area contributed by atoms with Crippen LogP contribution in [0.4, 0.5) is 0 Å². The van der Waals surface area contributed by atoms with Gasteiger partial charge >= 0.3 is 0 Å². The van der Waals surface area contributed by atoms with Crippen LogP contribution in [0.1, 0.15) is 53.9 Å². The first-order valence-corrected chi connectivity index (χ1v) is 6.93. The molecule has 0 aromatic carbocycles. The summed E-state index contributed by atoms with van der Waals surface area (Å²) in [5.41, 5.74) is 0. The van der Waals surface area contributed by atoms with Crippen LogP contribution in [0.15, 0.2) is 0 Å². The molecule has 2 nitrogen and oxygen atoms in total. The van der Waals surface area contributed by atoms with Crippen molar-refractivity contribution >= 4 is 0 Å². The third-order valence-corrected chi connectivity index (χ3v) is 3.59. The van der Waals surface area contributed by atoms with Gasteiger partial charge in [-0.15, -0.1) is 0 Å². The van der Waals surface area contributed by atoms with Gasteiger partial charge in [0.05, 0.1) is 12.2 Å². The maximum atomic E-state index is 5.82. The van der Waals surface area contributed by atoms with Crippen molar-refractivity contribution in [1.82, 2.24) is 5.32 Å². The van der Waals surface area contributed by atoms with Crippen molar-refractivity contribution in [2.24, 2.45) is 11.8 Å². The van der Waals surface area contributed by atoms with Crippen molar-refractivity contribution in [3.63, 3.8) is 0 Å². The van der Waals surface area contributed by atoms with Crippen LogP contribution < -0.4 is 5.32 Å². The molecule has 3 atom stereocenters. The summed E-state index contributed by atoms with van der Waals surface area (Å²) in [6, 6.07) is 0.661. The molecule has 0 amide bonds. The monoisotopic (exact) mass is 227 g/mol. The summed E-state index contributed by atoms with van der Waals surface area (Å²) in [6.07, 6.45) is 4.50. The standard InChI is InChI=1S/C14H29NO/c1-6-7-15-14(10(2)3)13-8-11(4)16-12(5)9-13/h10-15H,6-9H2,1-5H3. The van der Waals surface area contributed by atoms with Gasteiger partial charge in [0.2, 0.25) is 0 Å². The van der Waals surface area contributed by atoms with Gasteiger partial charge in [0.1, 0.15) is 0 Å². The Morgan fingerprint density at radius 1 is 1.19 bits per heavy atom. The lowest BCUT2D eigenvalue weighted by molar-refractivity contribution is -0.0618. The summed E-state index contributed by atoms with van der Waals surface area (Å²) in [7, 11) is 0. The van der Waals surface area contributed by atoms with E-state index in [1.807, 2.05) is 0 Å². The number of hydrogen-bond donors (Lipinski definition) is 1. The molecular weight excluding hydrogens is 198 g/mol. The molecule has 0 radical (unpaired) electrons. The smallest absolute Gasteiger partial charge is 0.0553 e. The van der Waals surface area contributed by atoms with Crippen LogP contribution >= 0.6 is 0 Å². The molecular formula is C14H29NO. The average Bonchev–Trinajstić information content (AvgIpc) is 2.16. The zero-order chi connectivity index (χ0) is 12.1. The van der Waals surface area contributed by atoms with Gasteiger partial charge in [0.15, 0.2) is 0 Å². The normalized spacial score (nSPS) is 33.0. The molecule has 0 aromatic rings. The highest BCUT2D eigenvalue weighted by Crippen LogP contribution is 2.30. The highest BCUT2D eigenvalue weighted by Gasteiger charge is 2.31. The van der Waals surface area contributed by atoms with Crippen LogP contribution in [0.25, 0.3) is 0 Å². The van der Waals surface area contributed by atoms with Gasteiger partial charge in [-0.2, -0.15) is 0 Å². The van der Waals surface area contributed by atoms with Crippen LogP contribution in [-0.2, 0) is 4.74 Å². The van der Waals surface area contributed by atoms with E-state index in [2.05, 4.69) is 39.9 Å². The molecule has 16 heavy (non-hydrogen) atoms. The van der Waals surface area contributed by atoms with Gasteiger partial charge in [-0.05, 0) is 51.5 Å². The Kier molecular flexibility index (Phi) is 5.77. The zero-order valence-electron chi connectivity index (χ0n) is 11.6. The van der Waals surface area contributed by atoms with Gasteiger partial charge in [-0.1, -0.05) is 20.8 Å². The second-order valence-electron chi connectivity index (χ2n) is 5.71. The Morgan fingerprint density at radius 2 is 1.75 bits per heavy atom. The van der Waals surface area contributed by atoms with Crippen molar-refractivity contribution in [2.45, 2.75) is 72.1 Å². The van der Waals surface area contributed by atoms with Gasteiger partial charge < -0.3 is 10.1 Å². The molecule has 0 bridgehead atoms. The van der Waals surface area contributed by atoms with Crippen LogP contribution in [-0.4, -0.2) is 24.8 Å². The molecule has 1 fully saturated rings. The number of hydrogen-bond acceptors (Lipinski definition) is 2. The fourth-order valence-corrected chi connectivity index (χ4v) is 3.01. The molecule has 1 saturated heterocycles. The molecule has 1 heterocycles. The maximum absolute atomic E-state index is 5.82. The second kappa shape index (κ2) is 6.61. The summed E-state index contributed by atoms with van der Waals surface area (Å²) in [6.45, 7) is 12.5. The predicted octanol–water partition coefficient (Wildman–Crippen LogP) is 3.21. The minimum Gasteiger partial charge on any atom is -0.376 e. The molecule has 0 aliphatic carbocycles. The van der Waals surface area contributed by atoms with Gasteiger partial charge in [-0.3, -0.25) is 0 Å². The van der Waals surface area contributed by atoms with Crippen molar-refractivity contribution in [2.75, 3.05) is 6.54 Å². The average molecular weight is 227 g/mol. The number of ether oxygens (including phenoxy) is 1. The lowest BCUT2D eigenvalue weighted by atomic mass is 9.81. The predicted molar refractivity (Wildman–Crippen MR) is 69.7 cm³/mol. The highest BCUT2D eigenvalue weighted by atomic mass is 16.5. The molecule has 0 spiro atoms. The lowest BCUT2D eigenvalue weighted by Gasteiger charge is -2.39. The quantitative estimate of drug-likeness (QED) is 0.778. The molecule has 0 aromatic heterocycles. The van der Waals surface area contributed by atoms with E-state index in [4.69, 9.17) is 4.74 Å². The molecule has 2 heteroatoms. The molecule has 1 aliphatic rings. The van der Waals surface area contributed by atoms with E-state index in [9.17, 15) is 0 Å². The first-order valence-electron chi connectivity index (χ1n) is 6.93. The first-order chi connectivity index (χ1) is 7.54. The van der Waals surface area contributed by atoms with E-state index in [1.54, 1.807) is 0 Å². The minimum atomic E-state index is 0.429. The summed E-state index contributed by atoms with van der Waals surface area (Å²) in [5.74, 6) is 1.50. The Labute approximate surface area is 101 Å². The Bertz CT molecular complexity index is 183. The van der Waals surface area contributed by atoms with Crippen LogP contribution in [0.3, 0.4) is 0 Å². The molecule has 1 N–H and O–H groups in total. The largest absolute Gasteiger partial charge is 0.376 e. The van der Waals surface area contributed by atoms with Gasteiger partial charge in [-0.25, -0.2) is 0 Å². The fourth-order valence-electron chi connectivity index (χ4n) is 3.01. The van der Waals surface area contributed by atoms with Crippen molar-refractivity contribution in [3.05, 3.63) is 0 Å². The van der Waals surface area contributed by atoms with Gasteiger partial charge in [0.25, 0.3) is 0 Å². The topological polar surface area (TPSA) is 21.3 Å². The van der Waals surface area contributed by atoms with E-state index >= 15 is 0 Å². The van der Waals surface area contributed by atoms with E-state index in [0.717, 1.165) is 12.5 Å². The molecule has 96 valence electrons. The summed E-state index contributed by atoms with van der Waals surface area (Å²) < 4.78 is 5.82. The Hall–Kier alpha value is -0.0800. The second-order valence-corrected chi connectivity index (χ2v) is 5.71. The molecule has 1 rings (SSSR count). The van der Waals surface area contributed by atoms with Crippen LogP contribution in [0.2, 0.25) is 0 Å². The Balaban J connectivity index is 2.55. The van der Waals surface area contributed by atoms with E-state index in [1.165, 1.54) is 19.3 Å². The van der Waals surface area contributed by atoms with E-state index < -0.39 is 0 Å². The third-order valence-electron chi connectivity index (χ3n) is 3.59. The van der Waals surface area contributed by atoms with Crippen molar-refractivity contribution < 1.29 is 4.74 Å². The van der Waals surface area contributed by atoms with Crippen LogP contribution in [0, 0.1) is 11.8 Å². The van der Waals surface area contributed by atoms with E-state index in [0.29, 0.717) is 24.2 Å². The fraction of sp³-hybridized carbons (Fsp3) is 1.00. The maximum Gasteiger partial charge on any atom is 0.0553 e. The van der Waals surface area contributed by atoms with Crippen molar-refractivity contribution in [1.29, 1.82) is 0 Å². The number of rotatable bonds is 5. The van der Waals surface area contributed by atoms with Crippen LogP contribution in [0.5, 0.6) is 0 Å². The summed E-state index contributed by atoms with van der Waals surface area (Å²) in [4.78, 5) is 0. The Morgan fingerprint density at radius 3 is 2.19 bits per heavy atom. The molecule has 0 saturated carbocycles. The first kappa shape index (κ1) is 14.0. The van der Waals surface area contributed by atoms with Gasteiger partial charge in [0, 0.05) is 6.04 Å². The van der Waals surface area contributed by atoms with Crippen molar-refractivity contribution in [3.8, 4) is 0 Å². The molecule has 1 aliphatic heterocycles. The minimum absolute atomic E-state index is 0.429. The summed E-state index contributed by atoms with van der Waals surface area (Å²) in [5, 5.41) is 3.72. The highest BCUT2D eigenvalue weighted by molar-refractivity contribution is 4.85. The zero-order valence-corrected chi connectivity index (χ0v) is 11.6. The summed E-state index contributed by atoms with van der Waals surface area (Å²) >= 11 is 0. The van der Waals surface area contributed by atoms with E-state index in [-0.39, 0.29) is 0 Å². The SMILES string of the molecule is CCCNC(C(C)C)C1CC(C)OC(C)C1. The lowest BCUT2D eigenvalue weighted by Crippen LogP contribution is -2.45. The molecule has 3 unspecified atom stereocenters.